The summed E-state index contributed by atoms with van der Waals surface area (Å²) in [7, 11) is 2.17. The predicted molar refractivity (Wildman–Crippen MR) is 165 cm³/mol. The number of rotatable bonds is 10. The van der Waals surface area contributed by atoms with Gasteiger partial charge in [-0.3, -0.25) is 9.93 Å². The summed E-state index contributed by atoms with van der Waals surface area (Å²) in [5, 5.41) is 11.1. The fourth-order valence-electron chi connectivity index (χ4n) is 3.76. The van der Waals surface area contributed by atoms with E-state index in [0.29, 0.717) is 30.7 Å². The second kappa shape index (κ2) is 23.8. The molecule has 1 amide bonds. The van der Waals surface area contributed by atoms with Crippen molar-refractivity contribution in [2.75, 3.05) is 39.0 Å². The third-order valence-electron chi connectivity index (χ3n) is 5.69. The summed E-state index contributed by atoms with van der Waals surface area (Å²) in [6.45, 7) is 24.7. The maximum atomic E-state index is 12.3. The molecule has 2 saturated heterocycles. The Morgan fingerprint density at radius 1 is 1.26 bits per heavy atom. The monoisotopic (exact) mass is 550 g/mol. The maximum Gasteiger partial charge on any atom is 0.337 e. The number of carbonyl (C=O) groups excluding carboxylic acids is 2. The van der Waals surface area contributed by atoms with Gasteiger partial charge in [-0.15, -0.1) is 6.58 Å². The summed E-state index contributed by atoms with van der Waals surface area (Å²) < 4.78 is 5.10. The summed E-state index contributed by atoms with van der Waals surface area (Å²) in [4.78, 5) is 26.8. The fraction of sp³-hybridized carbons (Fsp3) is 0.600. The van der Waals surface area contributed by atoms with Gasteiger partial charge in [0.25, 0.3) is 5.91 Å². The van der Waals surface area contributed by atoms with Crippen LogP contribution in [0.15, 0.2) is 59.5 Å². The summed E-state index contributed by atoms with van der Waals surface area (Å²) in [5.74, 6) is 0.316. The van der Waals surface area contributed by atoms with Crippen LogP contribution in [-0.4, -0.2) is 55.8 Å². The Morgan fingerprint density at radius 3 is 2.21 bits per heavy atom. The van der Waals surface area contributed by atoms with Gasteiger partial charge in [0.05, 0.1) is 12.2 Å². The Hall–Kier alpha value is -2.29. The van der Waals surface area contributed by atoms with Gasteiger partial charge in [-0.1, -0.05) is 64.8 Å². The lowest BCUT2D eigenvalue weighted by atomic mass is 9.95. The van der Waals surface area contributed by atoms with E-state index in [0.717, 1.165) is 29.1 Å². The van der Waals surface area contributed by atoms with Crippen LogP contribution >= 0.6 is 11.9 Å². The molecule has 0 radical (unpaired) electrons. The van der Waals surface area contributed by atoms with Crippen LogP contribution in [0.3, 0.4) is 0 Å². The highest BCUT2D eigenvalue weighted by atomic mass is 32.2. The molecule has 0 aromatic heterocycles. The number of amides is 1. The van der Waals surface area contributed by atoms with Gasteiger partial charge in [-0.2, -0.15) is 0 Å². The number of nitrogens with zero attached hydrogens (tertiary/aromatic N) is 1. The highest BCUT2D eigenvalue weighted by molar-refractivity contribution is 7.97. The summed E-state index contributed by atoms with van der Waals surface area (Å²) in [6, 6.07) is 0. The van der Waals surface area contributed by atoms with Crippen LogP contribution < -0.4 is 15.8 Å². The van der Waals surface area contributed by atoms with Crippen LogP contribution in [0.1, 0.15) is 74.1 Å². The molecule has 0 spiro atoms. The molecule has 0 aliphatic carbocycles. The number of nitrogens with two attached hydrogens (primary N) is 1. The standard InChI is InChI=1S/C20H30N2O3.C5H11N.C3H7NS.C2H6/c1-7-11-15(14(6)20(24)25-10-4)18(21-9-3)12-16-13(5)17(8-2)22-19(16)23;1-6-4-2-3-5-6;1-2-3-5-4;1-2/h8,12-13,21H,6-7,9-11H2,1-5H3,(H,22,23);2-5H2,1H3;2H,1,3-4H2;1-2H3/b16-12-,17-8+,18-15-;;;. The molecule has 0 aromatic carbocycles. The van der Waals surface area contributed by atoms with Crippen molar-refractivity contribution in [3.8, 4) is 0 Å². The lowest BCUT2D eigenvalue weighted by Gasteiger charge is -2.16. The molecule has 2 heterocycles. The minimum absolute atomic E-state index is 0.00936. The van der Waals surface area contributed by atoms with Crippen LogP contribution in [0.25, 0.3) is 0 Å². The molecular weight excluding hydrogens is 496 g/mol. The first-order valence-electron chi connectivity index (χ1n) is 13.9. The van der Waals surface area contributed by atoms with Crippen molar-refractivity contribution < 1.29 is 14.3 Å². The van der Waals surface area contributed by atoms with Crippen molar-refractivity contribution >= 4 is 23.8 Å². The van der Waals surface area contributed by atoms with Gasteiger partial charge in [0, 0.05) is 35.2 Å². The average molecular weight is 551 g/mol. The number of likely N-dealkylation sites (N-methyl/N-ethyl adjacent to an activating group) is 1. The summed E-state index contributed by atoms with van der Waals surface area (Å²) in [5.41, 5.74) is 3.47. The molecule has 2 aliphatic rings. The molecule has 4 N–H and O–H groups in total. The molecule has 218 valence electrons. The molecule has 0 saturated carbocycles. The first-order valence-corrected chi connectivity index (χ1v) is 14.9. The molecular formula is C30H54N4O3S. The highest BCUT2D eigenvalue weighted by Gasteiger charge is 2.29. The van der Waals surface area contributed by atoms with Crippen LogP contribution in [-0.2, 0) is 14.3 Å². The predicted octanol–water partition coefficient (Wildman–Crippen LogP) is 5.88. The first-order chi connectivity index (χ1) is 18.2. The molecule has 8 heteroatoms. The van der Waals surface area contributed by atoms with Gasteiger partial charge in [0.2, 0.25) is 0 Å². The Balaban J connectivity index is 0. The van der Waals surface area contributed by atoms with Crippen LogP contribution in [0.4, 0.5) is 0 Å². The lowest BCUT2D eigenvalue weighted by Crippen LogP contribution is -2.19. The number of esters is 1. The third kappa shape index (κ3) is 14.6. The molecule has 2 rings (SSSR count). The molecule has 1 unspecified atom stereocenters. The minimum atomic E-state index is -0.419. The number of ether oxygens (including phenoxy) is 1. The molecule has 2 fully saturated rings. The zero-order chi connectivity index (χ0) is 29.5. The Labute approximate surface area is 237 Å². The largest absolute Gasteiger partial charge is 0.462 e. The number of likely N-dealkylation sites (tertiary alicyclic amines) is 1. The molecule has 0 bridgehead atoms. The zero-order valence-electron chi connectivity index (χ0n) is 25.2. The van der Waals surface area contributed by atoms with Crippen LogP contribution in [0.5, 0.6) is 0 Å². The molecule has 0 aromatic rings. The van der Waals surface area contributed by atoms with E-state index in [-0.39, 0.29) is 11.8 Å². The van der Waals surface area contributed by atoms with Crippen LogP contribution in [0, 0.1) is 5.92 Å². The zero-order valence-corrected chi connectivity index (χ0v) is 26.1. The second-order valence-electron chi connectivity index (χ2n) is 8.52. The van der Waals surface area contributed by atoms with Crippen molar-refractivity contribution in [3.05, 3.63) is 59.5 Å². The van der Waals surface area contributed by atoms with E-state index in [4.69, 9.17) is 9.88 Å². The van der Waals surface area contributed by atoms with Gasteiger partial charge < -0.3 is 20.3 Å². The van der Waals surface area contributed by atoms with Gasteiger partial charge in [-0.25, -0.2) is 4.79 Å². The van der Waals surface area contributed by atoms with Crippen molar-refractivity contribution in [1.82, 2.24) is 15.5 Å². The van der Waals surface area contributed by atoms with Crippen molar-refractivity contribution in [3.63, 3.8) is 0 Å². The first kappa shape index (κ1) is 37.9. The average Bonchev–Trinajstić information content (AvgIpc) is 3.50. The second-order valence-corrected chi connectivity index (χ2v) is 9.19. The van der Waals surface area contributed by atoms with Gasteiger partial charge in [-0.05, 0) is 71.8 Å². The SMILES string of the molecule is C=C(C(=O)OCC)/C(CCC)=C(/C=C1\C(=O)N/C(=C/C)C1C)NCC.C=CCSN.CC.CN1CCCC1. The van der Waals surface area contributed by atoms with E-state index in [1.807, 2.05) is 53.7 Å². The number of carbonyl (C=O) groups is 2. The highest BCUT2D eigenvalue weighted by Crippen LogP contribution is 2.28. The molecule has 1 atom stereocenters. The van der Waals surface area contributed by atoms with E-state index in [1.54, 1.807) is 13.0 Å². The number of hydrogen-bond acceptors (Lipinski definition) is 7. The number of allylic oxidation sites excluding steroid dienone is 3. The normalized spacial score (nSPS) is 19.1. The Morgan fingerprint density at radius 2 is 1.87 bits per heavy atom. The van der Waals surface area contributed by atoms with Crippen molar-refractivity contribution in [2.45, 2.75) is 74.1 Å². The minimum Gasteiger partial charge on any atom is -0.462 e. The fourth-order valence-corrected chi connectivity index (χ4v) is 3.90. The van der Waals surface area contributed by atoms with Gasteiger partial charge >= 0.3 is 5.97 Å². The third-order valence-corrected chi connectivity index (χ3v) is 6.11. The van der Waals surface area contributed by atoms with Crippen molar-refractivity contribution in [1.29, 1.82) is 0 Å². The van der Waals surface area contributed by atoms with Crippen molar-refractivity contribution in [2.24, 2.45) is 11.1 Å². The summed E-state index contributed by atoms with van der Waals surface area (Å²) >= 11 is 1.28. The molecule has 38 heavy (non-hydrogen) atoms. The van der Waals surface area contributed by atoms with E-state index in [1.165, 1.54) is 37.9 Å². The van der Waals surface area contributed by atoms with Gasteiger partial charge in [0.1, 0.15) is 0 Å². The smallest absolute Gasteiger partial charge is 0.337 e. The van der Waals surface area contributed by atoms with Gasteiger partial charge in [0.15, 0.2) is 0 Å². The van der Waals surface area contributed by atoms with Crippen LogP contribution in [0.2, 0.25) is 0 Å². The van der Waals surface area contributed by atoms with E-state index >= 15 is 0 Å². The number of nitrogens with one attached hydrogen (secondary N) is 2. The number of hydrogen-bond donors (Lipinski definition) is 3. The maximum absolute atomic E-state index is 12.3. The Kier molecular flexibility index (Phi) is 23.7. The van der Waals surface area contributed by atoms with E-state index < -0.39 is 5.97 Å². The molecule has 2 aliphatic heterocycles. The molecule has 7 nitrogen and oxygen atoms in total. The van der Waals surface area contributed by atoms with E-state index in [2.05, 4.69) is 35.7 Å². The quantitative estimate of drug-likeness (QED) is 0.103. The summed E-state index contributed by atoms with van der Waals surface area (Å²) in [6.07, 6.45) is 9.88. The lowest BCUT2D eigenvalue weighted by molar-refractivity contribution is -0.138. The van der Waals surface area contributed by atoms with E-state index in [9.17, 15) is 9.59 Å². The topological polar surface area (TPSA) is 96.7 Å². The Bertz CT molecular complexity index is 812.